The summed E-state index contributed by atoms with van der Waals surface area (Å²) >= 11 is 6.68. The Hall–Kier alpha value is -1.98. The van der Waals surface area contributed by atoms with Crippen LogP contribution in [0.1, 0.15) is 100 Å². The van der Waals surface area contributed by atoms with E-state index in [0.717, 1.165) is 27.6 Å². The van der Waals surface area contributed by atoms with Crippen LogP contribution >= 0.6 is 24.4 Å². The Morgan fingerprint density at radius 1 is 0.816 bits per heavy atom. The molecule has 0 bridgehead atoms. The van der Waals surface area contributed by atoms with Crippen LogP contribution < -0.4 is 0 Å². The van der Waals surface area contributed by atoms with Gasteiger partial charge < -0.3 is 4.74 Å². The Kier molecular flexibility index (Phi) is 8.21. The number of ketones is 1. The molecule has 2 aliphatic rings. The number of carbonyl (C=O) groups excluding carboxylic acids is 1. The second kappa shape index (κ2) is 10.2. The van der Waals surface area contributed by atoms with E-state index in [1.54, 1.807) is 7.11 Å². The van der Waals surface area contributed by atoms with Crippen molar-refractivity contribution in [2.24, 2.45) is 10.8 Å². The van der Waals surface area contributed by atoms with Gasteiger partial charge in [-0.3, -0.25) is 4.79 Å². The molecule has 1 aliphatic heterocycles. The molecule has 1 aromatic heterocycles. The SMILES string of the molecule is COC1=C(C=C2C=C(C(C)(C)C)SC(C(C)(C)C)=C2)C(=O)C1=Cc1cc(C(C)(C)C)[o+]c(C(C)(C)C)c1S. The largest absolute Gasteiger partial charge is 0.495 e. The molecule has 0 spiro atoms. The van der Waals surface area contributed by atoms with Crippen LogP contribution in [-0.4, -0.2) is 12.9 Å². The lowest BCUT2D eigenvalue weighted by Crippen LogP contribution is -2.23. The molecule has 3 nitrogen and oxygen atoms in total. The highest BCUT2D eigenvalue weighted by Gasteiger charge is 2.39. The molecule has 1 aliphatic carbocycles. The van der Waals surface area contributed by atoms with Crippen molar-refractivity contribution in [2.45, 2.75) is 98.8 Å². The number of hydrogen-bond donors (Lipinski definition) is 1. The standard InChI is InChI=1S/C33H44O3S2/c1-30(2,3)23-18-20(28(37)29(36-23)33(10,11)12)17-22-26(34)21(27(22)35-13)14-19-15-24(31(4,5)6)38-25(16-19)32(7,8)9/h14-18H,1-13H3/p+1. The second-order valence-corrected chi connectivity index (χ2v) is 15.9. The topological polar surface area (TPSA) is 37.6 Å². The van der Waals surface area contributed by atoms with Crippen molar-refractivity contribution in [2.75, 3.05) is 7.11 Å². The number of ether oxygens (including phenoxy) is 1. The van der Waals surface area contributed by atoms with Crippen molar-refractivity contribution in [1.82, 2.24) is 0 Å². The van der Waals surface area contributed by atoms with Crippen LogP contribution in [0.4, 0.5) is 0 Å². The number of thiol groups is 1. The summed E-state index contributed by atoms with van der Waals surface area (Å²) in [4.78, 5) is 16.8. The lowest BCUT2D eigenvalue weighted by molar-refractivity contribution is -0.113. The molecule has 206 valence electrons. The molecule has 0 aromatic carbocycles. The fraction of sp³-hybridized carbons (Fsp3) is 0.515. The van der Waals surface area contributed by atoms with Crippen LogP contribution in [0.3, 0.4) is 0 Å². The van der Waals surface area contributed by atoms with Crippen molar-refractivity contribution in [1.29, 1.82) is 0 Å². The summed E-state index contributed by atoms with van der Waals surface area (Å²) in [6, 6.07) is 2.00. The van der Waals surface area contributed by atoms with Crippen molar-refractivity contribution in [3.8, 4) is 0 Å². The summed E-state index contributed by atoms with van der Waals surface area (Å²) in [7, 11) is 1.63. The van der Waals surface area contributed by atoms with Crippen molar-refractivity contribution in [3.05, 3.63) is 73.7 Å². The minimum Gasteiger partial charge on any atom is -0.495 e. The van der Waals surface area contributed by atoms with Crippen molar-refractivity contribution in [3.63, 3.8) is 0 Å². The number of hydrogen-bond acceptors (Lipinski definition) is 4. The van der Waals surface area contributed by atoms with Crippen LogP contribution in [-0.2, 0) is 20.4 Å². The molecular formula is C33H45O3S2+. The van der Waals surface area contributed by atoms with Crippen LogP contribution in [0.5, 0.6) is 0 Å². The fourth-order valence-electron chi connectivity index (χ4n) is 4.10. The van der Waals surface area contributed by atoms with Gasteiger partial charge in [-0.15, -0.1) is 12.6 Å². The average molecular weight is 554 g/mol. The molecule has 2 heterocycles. The summed E-state index contributed by atoms with van der Waals surface area (Å²) in [5.74, 6) is 2.24. The van der Waals surface area contributed by atoms with Gasteiger partial charge in [-0.2, -0.15) is 0 Å². The van der Waals surface area contributed by atoms with E-state index in [2.05, 4.69) is 95.2 Å². The van der Waals surface area contributed by atoms with E-state index in [0.29, 0.717) is 16.9 Å². The summed E-state index contributed by atoms with van der Waals surface area (Å²) in [5, 5.41) is 0. The van der Waals surface area contributed by atoms with E-state index in [4.69, 9.17) is 21.8 Å². The highest BCUT2D eigenvalue weighted by atomic mass is 32.2. The van der Waals surface area contributed by atoms with Crippen LogP contribution in [0.15, 0.2) is 65.9 Å². The quantitative estimate of drug-likeness (QED) is 0.230. The van der Waals surface area contributed by atoms with Gasteiger partial charge in [0.2, 0.25) is 5.78 Å². The lowest BCUT2D eigenvalue weighted by atomic mass is 9.83. The number of rotatable bonds is 3. The first-order valence-corrected chi connectivity index (χ1v) is 14.5. The molecule has 38 heavy (non-hydrogen) atoms. The molecule has 5 heteroatoms. The first-order valence-electron chi connectivity index (χ1n) is 13.2. The molecule has 0 unspecified atom stereocenters. The molecule has 0 radical (unpaired) electrons. The molecule has 0 saturated carbocycles. The number of thioether (sulfide) groups is 1. The predicted molar refractivity (Wildman–Crippen MR) is 166 cm³/mol. The Bertz CT molecular complexity index is 1270. The van der Waals surface area contributed by atoms with Gasteiger partial charge in [0, 0.05) is 11.6 Å². The number of methoxy groups -OCH3 is 1. The predicted octanol–water partition coefficient (Wildman–Crippen LogP) is 9.84. The first-order chi connectivity index (χ1) is 17.1. The van der Waals surface area contributed by atoms with E-state index >= 15 is 0 Å². The van der Waals surface area contributed by atoms with E-state index in [1.165, 1.54) is 9.81 Å². The zero-order valence-corrected chi connectivity index (χ0v) is 27.2. The maximum absolute atomic E-state index is 13.5. The molecule has 0 fully saturated rings. The third-order valence-corrected chi connectivity index (χ3v) is 8.86. The van der Waals surface area contributed by atoms with E-state index in [9.17, 15) is 4.79 Å². The fourth-order valence-corrected chi connectivity index (χ4v) is 5.85. The highest BCUT2D eigenvalue weighted by molar-refractivity contribution is 8.06. The first kappa shape index (κ1) is 30.6. The maximum Gasteiger partial charge on any atom is 0.348 e. The van der Waals surface area contributed by atoms with Gasteiger partial charge in [-0.25, -0.2) is 4.42 Å². The minimum absolute atomic E-state index is 0.0124. The monoisotopic (exact) mass is 553 g/mol. The number of allylic oxidation sites excluding steroid dienone is 8. The smallest absolute Gasteiger partial charge is 0.348 e. The third kappa shape index (κ3) is 6.42. The Labute approximate surface area is 240 Å². The molecule has 0 N–H and O–H groups in total. The van der Waals surface area contributed by atoms with Gasteiger partial charge in [0.05, 0.1) is 29.1 Å². The van der Waals surface area contributed by atoms with Gasteiger partial charge in [-0.1, -0.05) is 53.3 Å². The van der Waals surface area contributed by atoms with Crippen molar-refractivity contribution >= 4 is 36.2 Å². The summed E-state index contributed by atoms with van der Waals surface area (Å²) in [6.45, 7) is 26.0. The highest BCUT2D eigenvalue weighted by Crippen LogP contribution is 2.49. The van der Waals surface area contributed by atoms with Gasteiger partial charge in [0.15, 0.2) is 0 Å². The zero-order chi connectivity index (χ0) is 29.0. The van der Waals surface area contributed by atoms with Crippen molar-refractivity contribution < 1.29 is 13.9 Å². The minimum atomic E-state index is -0.238. The van der Waals surface area contributed by atoms with Crippen LogP contribution in [0, 0.1) is 10.8 Å². The van der Waals surface area contributed by atoms with E-state index in [-0.39, 0.29) is 27.4 Å². The van der Waals surface area contributed by atoms with Crippen LogP contribution in [0.2, 0.25) is 0 Å². The molecule has 3 rings (SSSR count). The molecule has 0 amide bonds. The molecule has 0 atom stereocenters. The third-order valence-electron chi connectivity index (χ3n) is 6.49. The second-order valence-electron chi connectivity index (χ2n) is 14.3. The van der Waals surface area contributed by atoms with Crippen LogP contribution in [0.25, 0.3) is 6.08 Å². The number of carbonyl (C=O) groups is 1. The molecule has 0 saturated heterocycles. The van der Waals surface area contributed by atoms with Gasteiger partial charge >= 0.3 is 11.5 Å². The van der Waals surface area contributed by atoms with Gasteiger partial charge in [0.1, 0.15) is 10.7 Å². The Morgan fingerprint density at radius 2 is 1.34 bits per heavy atom. The Morgan fingerprint density at radius 3 is 1.76 bits per heavy atom. The van der Waals surface area contributed by atoms with E-state index in [1.807, 2.05) is 30.0 Å². The summed E-state index contributed by atoms with van der Waals surface area (Å²) in [6.07, 6.45) is 8.27. The number of Topliss-reactive ketones (excluding diaryl/α,β-unsaturated/α-hetero) is 1. The summed E-state index contributed by atoms with van der Waals surface area (Å²) in [5.41, 5.74) is 2.64. The normalized spacial score (nSPS) is 18.4. The average Bonchev–Trinajstić information content (AvgIpc) is 2.75. The molecular weight excluding hydrogens is 508 g/mol. The van der Waals surface area contributed by atoms with E-state index < -0.39 is 0 Å². The Balaban J connectivity index is 2.17. The zero-order valence-electron chi connectivity index (χ0n) is 25.5. The molecule has 1 aromatic rings. The van der Waals surface area contributed by atoms with Gasteiger partial charge in [0.25, 0.3) is 0 Å². The maximum atomic E-state index is 13.5. The lowest BCUT2D eigenvalue weighted by Gasteiger charge is -2.32. The summed E-state index contributed by atoms with van der Waals surface area (Å²) < 4.78 is 12.1. The van der Waals surface area contributed by atoms with Gasteiger partial charge in [-0.05, 0) is 92.1 Å².